The zero-order chi connectivity index (χ0) is 13.7. The minimum absolute atomic E-state index is 0.474. The van der Waals surface area contributed by atoms with Crippen molar-refractivity contribution in [2.75, 3.05) is 6.54 Å². The van der Waals surface area contributed by atoms with E-state index in [1.807, 2.05) is 38.1 Å². The van der Waals surface area contributed by atoms with E-state index in [-0.39, 0.29) is 0 Å². The van der Waals surface area contributed by atoms with E-state index in [0.29, 0.717) is 18.2 Å². The molecule has 2 aromatic rings. The van der Waals surface area contributed by atoms with Gasteiger partial charge in [-0.2, -0.15) is 5.10 Å². The summed E-state index contributed by atoms with van der Waals surface area (Å²) in [4.78, 5) is 0. The largest absolute Gasteiger partial charge is 0.438 e. The van der Waals surface area contributed by atoms with E-state index in [2.05, 4.69) is 15.5 Å². The molecule has 0 aliphatic rings. The number of benzene rings is 1. The number of nitrogens with one attached hydrogen (secondary N) is 1. The zero-order valence-corrected chi connectivity index (χ0v) is 11.7. The van der Waals surface area contributed by atoms with E-state index in [1.165, 1.54) is 0 Å². The second kappa shape index (κ2) is 6.50. The molecule has 0 aliphatic heterocycles. The third-order valence-corrected chi connectivity index (χ3v) is 3.03. The van der Waals surface area contributed by atoms with Gasteiger partial charge in [-0.25, -0.2) is 0 Å². The number of halogens is 1. The van der Waals surface area contributed by atoms with Gasteiger partial charge in [0.2, 0.25) is 5.88 Å². The normalized spacial score (nSPS) is 10.5. The molecular weight excluding hydrogens is 262 g/mol. The maximum atomic E-state index is 5.96. The van der Waals surface area contributed by atoms with Crippen molar-refractivity contribution < 1.29 is 4.74 Å². The fourth-order valence-electron chi connectivity index (χ4n) is 1.55. The Bertz CT molecular complexity index is 543. The van der Waals surface area contributed by atoms with E-state index in [4.69, 9.17) is 16.3 Å². The van der Waals surface area contributed by atoms with Crippen LogP contribution in [-0.4, -0.2) is 16.7 Å². The van der Waals surface area contributed by atoms with Gasteiger partial charge in [-0.1, -0.05) is 18.5 Å². The number of hydrogen-bond donors (Lipinski definition) is 1. The molecule has 0 aliphatic carbocycles. The van der Waals surface area contributed by atoms with Crippen LogP contribution in [-0.2, 0) is 6.54 Å². The maximum absolute atomic E-state index is 5.96. The SMILES string of the molecule is CCNCc1ccc(Oc2ccc(Cl)c(C)c2)nn1. The van der Waals surface area contributed by atoms with Crippen LogP contribution in [0.3, 0.4) is 0 Å². The fourth-order valence-corrected chi connectivity index (χ4v) is 1.67. The Morgan fingerprint density at radius 2 is 2.05 bits per heavy atom. The van der Waals surface area contributed by atoms with Crippen molar-refractivity contribution in [3.8, 4) is 11.6 Å². The summed E-state index contributed by atoms with van der Waals surface area (Å²) in [5.41, 5.74) is 1.86. The Balaban J connectivity index is 2.04. The predicted octanol–water partition coefficient (Wildman–Crippen LogP) is 3.34. The number of ether oxygens (including phenoxy) is 1. The Labute approximate surface area is 117 Å². The van der Waals surface area contributed by atoms with Crippen LogP contribution in [0.15, 0.2) is 30.3 Å². The molecule has 0 unspecified atom stereocenters. The topological polar surface area (TPSA) is 47.0 Å². The molecule has 1 aromatic carbocycles. The summed E-state index contributed by atoms with van der Waals surface area (Å²) >= 11 is 5.96. The lowest BCUT2D eigenvalue weighted by molar-refractivity contribution is 0.453. The molecule has 2 rings (SSSR count). The number of nitrogens with zero attached hydrogens (tertiary/aromatic N) is 2. The van der Waals surface area contributed by atoms with Crippen molar-refractivity contribution in [1.29, 1.82) is 0 Å². The molecule has 1 aromatic heterocycles. The third kappa shape index (κ3) is 3.91. The van der Waals surface area contributed by atoms with Crippen LogP contribution >= 0.6 is 11.6 Å². The highest BCUT2D eigenvalue weighted by Crippen LogP contribution is 2.24. The minimum Gasteiger partial charge on any atom is -0.438 e. The summed E-state index contributed by atoms with van der Waals surface area (Å²) in [7, 11) is 0. The van der Waals surface area contributed by atoms with Crippen LogP contribution in [0.4, 0.5) is 0 Å². The number of aryl methyl sites for hydroxylation is 1. The zero-order valence-electron chi connectivity index (χ0n) is 11.0. The molecule has 0 fully saturated rings. The molecule has 0 radical (unpaired) electrons. The molecule has 1 N–H and O–H groups in total. The standard InChI is InChI=1S/C14H16ClN3O/c1-3-16-9-11-4-7-14(18-17-11)19-12-5-6-13(15)10(2)8-12/h4-8,16H,3,9H2,1-2H3. The average Bonchev–Trinajstić information content (AvgIpc) is 2.42. The molecule has 5 heteroatoms. The Kier molecular flexibility index (Phi) is 4.71. The van der Waals surface area contributed by atoms with E-state index in [9.17, 15) is 0 Å². The molecule has 100 valence electrons. The number of hydrogen-bond acceptors (Lipinski definition) is 4. The molecule has 0 saturated carbocycles. The Hall–Kier alpha value is -1.65. The lowest BCUT2D eigenvalue weighted by atomic mass is 10.2. The molecular formula is C14H16ClN3O. The van der Waals surface area contributed by atoms with Crippen molar-refractivity contribution in [1.82, 2.24) is 15.5 Å². The summed E-state index contributed by atoms with van der Waals surface area (Å²) in [6.07, 6.45) is 0. The van der Waals surface area contributed by atoms with Crippen LogP contribution < -0.4 is 10.1 Å². The highest BCUT2D eigenvalue weighted by Gasteiger charge is 2.02. The quantitative estimate of drug-likeness (QED) is 0.910. The summed E-state index contributed by atoms with van der Waals surface area (Å²) in [5, 5.41) is 12.0. The molecule has 0 saturated heterocycles. The second-order valence-corrected chi connectivity index (χ2v) is 4.56. The smallest absolute Gasteiger partial charge is 0.238 e. The van der Waals surface area contributed by atoms with Gasteiger partial charge in [-0.15, -0.1) is 5.10 Å². The van der Waals surface area contributed by atoms with Gasteiger partial charge in [0.25, 0.3) is 0 Å². The lowest BCUT2D eigenvalue weighted by Gasteiger charge is -2.06. The molecule has 0 bridgehead atoms. The molecule has 1 heterocycles. The molecule has 0 atom stereocenters. The molecule has 4 nitrogen and oxygen atoms in total. The summed E-state index contributed by atoms with van der Waals surface area (Å²) < 4.78 is 5.62. The van der Waals surface area contributed by atoms with Gasteiger partial charge < -0.3 is 10.1 Å². The monoisotopic (exact) mass is 277 g/mol. The first-order valence-electron chi connectivity index (χ1n) is 6.16. The average molecular weight is 278 g/mol. The van der Waals surface area contributed by atoms with Crippen LogP contribution in [0.2, 0.25) is 5.02 Å². The van der Waals surface area contributed by atoms with Gasteiger partial charge in [0.15, 0.2) is 0 Å². The first-order chi connectivity index (χ1) is 9.19. The maximum Gasteiger partial charge on any atom is 0.238 e. The highest BCUT2D eigenvalue weighted by molar-refractivity contribution is 6.31. The van der Waals surface area contributed by atoms with Crippen molar-refractivity contribution >= 4 is 11.6 Å². The predicted molar refractivity (Wildman–Crippen MR) is 75.7 cm³/mol. The van der Waals surface area contributed by atoms with E-state index in [1.54, 1.807) is 6.07 Å². The van der Waals surface area contributed by atoms with Crippen LogP contribution in [0.1, 0.15) is 18.2 Å². The van der Waals surface area contributed by atoms with Gasteiger partial charge in [0.1, 0.15) is 5.75 Å². The Morgan fingerprint density at radius 3 is 2.68 bits per heavy atom. The first-order valence-corrected chi connectivity index (χ1v) is 6.54. The van der Waals surface area contributed by atoms with Crippen molar-refractivity contribution in [2.45, 2.75) is 20.4 Å². The van der Waals surface area contributed by atoms with Crippen molar-refractivity contribution in [3.63, 3.8) is 0 Å². The van der Waals surface area contributed by atoms with Gasteiger partial charge >= 0.3 is 0 Å². The summed E-state index contributed by atoms with van der Waals surface area (Å²) in [5.74, 6) is 1.18. The van der Waals surface area contributed by atoms with Crippen LogP contribution in [0, 0.1) is 6.92 Å². The number of aromatic nitrogens is 2. The van der Waals surface area contributed by atoms with Crippen molar-refractivity contribution in [3.05, 3.63) is 46.6 Å². The van der Waals surface area contributed by atoms with Gasteiger partial charge in [0, 0.05) is 17.6 Å². The van der Waals surface area contributed by atoms with E-state index in [0.717, 1.165) is 22.8 Å². The van der Waals surface area contributed by atoms with Gasteiger partial charge in [-0.3, -0.25) is 0 Å². The number of rotatable bonds is 5. The van der Waals surface area contributed by atoms with Gasteiger partial charge in [-0.05, 0) is 43.3 Å². The summed E-state index contributed by atoms with van der Waals surface area (Å²) in [6, 6.07) is 9.19. The van der Waals surface area contributed by atoms with Gasteiger partial charge in [0.05, 0.1) is 5.69 Å². The highest BCUT2D eigenvalue weighted by atomic mass is 35.5. The summed E-state index contributed by atoms with van der Waals surface area (Å²) in [6.45, 7) is 5.60. The van der Waals surface area contributed by atoms with Crippen LogP contribution in [0.25, 0.3) is 0 Å². The van der Waals surface area contributed by atoms with Crippen LogP contribution in [0.5, 0.6) is 11.6 Å². The molecule has 19 heavy (non-hydrogen) atoms. The molecule has 0 amide bonds. The van der Waals surface area contributed by atoms with E-state index >= 15 is 0 Å². The second-order valence-electron chi connectivity index (χ2n) is 4.16. The lowest BCUT2D eigenvalue weighted by Crippen LogP contribution is -2.13. The third-order valence-electron chi connectivity index (χ3n) is 2.60. The van der Waals surface area contributed by atoms with Crippen molar-refractivity contribution in [2.24, 2.45) is 0 Å². The minimum atomic E-state index is 0.474. The Morgan fingerprint density at radius 1 is 1.21 bits per heavy atom. The molecule has 0 spiro atoms. The fraction of sp³-hybridized carbons (Fsp3) is 0.286. The van der Waals surface area contributed by atoms with E-state index < -0.39 is 0 Å². The first kappa shape index (κ1) is 13.8.